The van der Waals surface area contributed by atoms with Crippen LogP contribution in [0.5, 0.6) is 0 Å². The third-order valence-electron chi connectivity index (χ3n) is 2.22. The van der Waals surface area contributed by atoms with Gasteiger partial charge < -0.3 is 0 Å². The number of nitrogens with two attached hydrogens (primary N) is 1. The molecular weight excluding hydrogens is 268 g/mol. The predicted octanol–water partition coefficient (Wildman–Crippen LogP) is 0.266. The molecule has 0 amide bonds. The van der Waals surface area contributed by atoms with E-state index < -0.39 is 10.0 Å². The molecule has 0 radical (unpaired) electrons. The van der Waals surface area contributed by atoms with Crippen molar-refractivity contribution in [1.29, 1.82) is 0 Å². The molecule has 0 atom stereocenters. The first kappa shape index (κ1) is 13.2. The van der Waals surface area contributed by atoms with E-state index in [4.69, 9.17) is 5.84 Å². The highest BCUT2D eigenvalue weighted by Gasteiger charge is 2.15. The fourth-order valence-corrected chi connectivity index (χ4v) is 2.29. The molecule has 0 unspecified atom stereocenters. The number of aryl methyl sites for hydroxylation is 1. The Balaban J connectivity index is 2.27. The van der Waals surface area contributed by atoms with Crippen molar-refractivity contribution in [3.8, 4) is 0 Å². The van der Waals surface area contributed by atoms with Gasteiger partial charge in [0.2, 0.25) is 5.95 Å². The largest absolute Gasteiger partial charge is 0.292 e. The first-order chi connectivity index (χ1) is 9.01. The van der Waals surface area contributed by atoms with Crippen LogP contribution in [0.1, 0.15) is 5.69 Å². The summed E-state index contributed by atoms with van der Waals surface area (Å²) in [6, 6.07) is 3.18. The van der Waals surface area contributed by atoms with Crippen LogP contribution in [0.3, 0.4) is 0 Å². The summed E-state index contributed by atoms with van der Waals surface area (Å²) in [6.45, 7) is 1.77. The van der Waals surface area contributed by atoms with Gasteiger partial charge in [0, 0.05) is 11.9 Å². The molecule has 0 fully saturated rings. The summed E-state index contributed by atoms with van der Waals surface area (Å²) in [4.78, 5) is 11.4. The maximum atomic E-state index is 12.0. The van der Waals surface area contributed by atoms with Crippen LogP contribution in [0, 0.1) is 6.92 Å². The van der Waals surface area contributed by atoms with Gasteiger partial charge in [-0.1, -0.05) is 0 Å². The zero-order valence-electron chi connectivity index (χ0n) is 10.0. The molecule has 0 spiro atoms. The second kappa shape index (κ2) is 5.16. The van der Waals surface area contributed by atoms with Gasteiger partial charge in [0.1, 0.15) is 4.90 Å². The first-order valence-corrected chi connectivity index (χ1v) is 6.74. The minimum atomic E-state index is -3.73. The fraction of sp³-hybridized carbons (Fsp3) is 0.100. The van der Waals surface area contributed by atoms with Crippen molar-refractivity contribution in [3.63, 3.8) is 0 Å². The van der Waals surface area contributed by atoms with E-state index in [-0.39, 0.29) is 10.8 Å². The Morgan fingerprint density at radius 3 is 2.47 bits per heavy atom. The van der Waals surface area contributed by atoms with Crippen LogP contribution in [-0.2, 0) is 10.0 Å². The smallest absolute Gasteiger partial charge is 0.264 e. The topological polar surface area (TPSA) is 123 Å². The number of hydrogen-bond donors (Lipinski definition) is 3. The number of hydrogen-bond acceptors (Lipinski definition) is 7. The van der Waals surface area contributed by atoms with E-state index in [2.05, 4.69) is 25.1 Å². The lowest BCUT2D eigenvalue weighted by molar-refractivity contribution is 0.600. The third kappa shape index (κ3) is 3.14. The van der Waals surface area contributed by atoms with Crippen LogP contribution in [-0.4, -0.2) is 23.4 Å². The van der Waals surface area contributed by atoms with Crippen molar-refractivity contribution < 1.29 is 8.42 Å². The highest BCUT2D eigenvalue weighted by atomic mass is 32.2. The summed E-state index contributed by atoms with van der Waals surface area (Å²) >= 11 is 0. The number of anilines is 2. The Labute approximate surface area is 110 Å². The van der Waals surface area contributed by atoms with E-state index in [9.17, 15) is 8.42 Å². The second-order valence-corrected chi connectivity index (χ2v) is 5.36. The van der Waals surface area contributed by atoms with Crippen molar-refractivity contribution >= 4 is 21.7 Å². The van der Waals surface area contributed by atoms with Crippen molar-refractivity contribution in [2.45, 2.75) is 11.8 Å². The SMILES string of the molecule is Cc1cc(NS(=O)(=O)c2cnc(NN)nc2)ccn1. The lowest BCUT2D eigenvalue weighted by atomic mass is 10.3. The van der Waals surface area contributed by atoms with Crippen LogP contribution in [0.25, 0.3) is 0 Å². The average Bonchev–Trinajstić information content (AvgIpc) is 2.38. The Morgan fingerprint density at radius 2 is 1.89 bits per heavy atom. The Kier molecular flexibility index (Phi) is 3.58. The van der Waals surface area contributed by atoms with Crippen LogP contribution < -0.4 is 16.0 Å². The number of nitrogens with zero attached hydrogens (tertiary/aromatic N) is 3. The molecule has 4 N–H and O–H groups in total. The van der Waals surface area contributed by atoms with Gasteiger partial charge in [-0.2, -0.15) is 0 Å². The highest BCUT2D eigenvalue weighted by Crippen LogP contribution is 2.15. The Hall–Kier alpha value is -2.26. The highest BCUT2D eigenvalue weighted by molar-refractivity contribution is 7.92. The van der Waals surface area contributed by atoms with Gasteiger partial charge >= 0.3 is 0 Å². The number of aromatic nitrogens is 3. The molecule has 2 rings (SSSR count). The normalized spacial score (nSPS) is 11.1. The zero-order chi connectivity index (χ0) is 13.9. The fourth-order valence-electron chi connectivity index (χ4n) is 1.35. The maximum absolute atomic E-state index is 12.0. The summed E-state index contributed by atoms with van der Waals surface area (Å²) in [5, 5.41) is 0. The number of sulfonamides is 1. The molecule has 0 bridgehead atoms. The summed E-state index contributed by atoms with van der Waals surface area (Å²) in [5.41, 5.74) is 3.35. The molecule has 19 heavy (non-hydrogen) atoms. The van der Waals surface area contributed by atoms with Gasteiger partial charge in [0.05, 0.1) is 18.1 Å². The van der Waals surface area contributed by atoms with Gasteiger partial charge in [-0.05, 0) is 19.1 Å². The van der Waals surface area contributed by atoms with E-state index in [0.29, 0.717) is 11.4 Å². The Morgan fingerprint density at radius 1 is 1.21 bits per heavy atom. The Bertz CT molecular complexity index is 671. The molecule has 0 aliphatic rings. The lowest BCUT2D eigenvalue weighted by Gasteiger charge is -2.08. The van der Waals surface area contributed by atoms with Crippen molar-refractivity contribution in [3.05, 3.63) is 36.4 Å². The van der Waals surface area contributed by atoms with E-state index in [1.807, 2.05) is 0 Å². The molecule has 0 aliphatic carbocycles. The number of pyridine rings is 1. The standard InChI is InChI=1S/C10H12N6O2S/c1-7-4-8(2-3-12-7)16-19(17,18)9-5-13-10(15-11)14-6-9/h2-6H,11H2,1H3,(H,12,16)(H,13,14,15). The van der Waals surface area contributed by atoms with Gasteiger partial charge in [-0.25, -0.2) is 24.2 Å². The summed E-state index contributed by atoms with van der Waals surface area (Å²) < 4.78 is 26.5. The molecule has 0 saturated carbocycles. The maximum Gasteiger partial charge on any atom is 0.264 e. The van der Waals surface area contributed by atoms with Gasteiger partial charge in [0.25, 0.3) is 10.0 Å². The molecular formula is C10H12N6O2S. The molecule has 100 valence electrons. The van der Waals surface area contributed by atoms with Crippen LogP contribution >= 0.6 is 0 Å². The number of hydrazine groups is 1. The molecule has 2 heterocycles. The van der Waals surface area contributed by atoms with Gasteiger partial charge in [0.15, 0.2) is 0 Å². The first-order valence-electron chi connectivity index (χ1n) is 5.25. The molecule has 0 aliphatic heterocycles. The number of rotatable bonds is 4. The molecule has 2 aromatic heterocycles. The van der Waals surface area contributed by atoms with E-state index in [1.165, 1.54) is 18.6 Å². The molecule has 0 saturated heterocycles. The zero-order valence-corrected chi connectivity index (χ0v) is 10.8. The number of nitrogens with one attached hydrogen (secondary N) is 2. The minimum absolute atomic E-state index is 0.0547. The van der Waals surface area contributed by atoms with Gasteiger partial charge in [-0.3, -0.25) is 15.1 Å². The quantitative estimate of drug-likeness (QED) is 0.542. The van der Waals surface area contributed by atoms with Crippen LogP contribution in [0.2, 0.25) is 0 Å². The molecule has 9 heteroatoms. The predicted molar refractivity (Wildman–Crippen MR) is 69.6 cm³/mol. The number of nitrogen functional groups attached to an aromatic ring is 1. The summed E-state index contributed by atoms with van der Waals surface area (Å²) in [6.07, 6.45) is 3.85. The monoisotopic (exact) mass is 280 g/mol. The minimum Gasteiger partial charge on any atom is -0.292 e. The van der Waals surface area contributed by atoms with Crippen molar-refractivity contribution in [2.24, 2.45) is 5.84 Å². The van der Waals surface area contributed by atoms with E-state index in [0.717, 1.165) is 0 Å². The van der Waals surface area contributed by atoms with Gasteiger partial charge in [-0.15, -0.1) is 0 Å². The summed E-state index contributed by atoms with van der Waals surface area (Å²) in [5.74, 6) is 5.24. The lowest BCUT2D eigenvalue weighted by Crippen LogP contribution is -2.15. The molecule has 8 nitrogen and oxygen atoms in total. The summed E-state index contributed by atoms with van der Waals surface area (Å²) in [7, 11) is -3.73. The van der Waals surface area contributed by atoms with Crippen molar-refractivity contribution in [2.75, 3.05) is 10.1 Å². The van der Waals surface area contributed by atoms with E-state index >= 15 is 0 Å². The van der Waals surface area contributed by atoms with E-state index in [1.54, 1.807) is 19.1 Å². The van der Waals surface area contributed by atoms with Crippen LogP contribution in [0.4, 0.5) is 11.6 Å². The third-order valence-corrected chi connectivity index (χ3v) is 3.55. The average molecular weight is 280 g/mol. The van der Waals surface area contributed by atoms with Crippen molar-refractivity contribution in [1.82, 2.24) is 15.0 Å². The van der Waals surface area contributed by atoms with Crippen LogP contribution in [0.15, 0.2) is 35.6 Å². The molecule has 0 aromatic carbocycles. The molecule has 2 aromatic rings. The second-order valence-electron chi connectivity index (χ2n) is 3.68.